The predicted octanol–water partition coefficient (Wildman–Crippen LogP) is 0.676. The highest BCUT2D eigenvalue weighted by molar-refractivity contribution is 5.98. The van der Waals surface area contributed by atoms with Crippen LogP contribution in [0.1, 0.15) is 16.8 Å². The highest BCUT2D eigenvalue weighted by Gasteiger charge is 2.30. The van der Waals surface area contributed by atoms with E-state index in [1.165, 1.54) is 24.1 Å². The minimum atomic E-state index is -0.577. The maximum Gasteiger partial charge on any atom is 0.337 e. The van der Waals surface area contributed by atoms with Gasteiger partial charge in [-0.05, 0) is 18.2 Å². The van der Waals surface area contributed by atoms with E-state index in [1.807, 2.05) is 0 Å². The summed E-state index contributed by atoms with van der Waals surface area (Å²) in [7, 11) is 1.24. The lowest BCUT2D eigenvalue weighted by Crippen LogP contribution is -2.28. The second-order valence-corrected chi connectivity index (χ2v) is 4.13. The van der Waals surface area contributed by atoms with Gasteiger partial charge < -0.3 is 15.4 Å². The van der Waals surface area contributed by atoms with Gasteiger partial charge in [0.25, 0.3) is 0 Å². The Morgan fingerprint density at radius 1 is 1.56 bits per heavy atom. The fourth-order valence-corrected chi connectivity index (χ4v) is 1.93. The molecule has 96 valence electrons. The Labute approximate surface area is 103 Å². The lowest BCUT2D eigenvalue weighted by molar-refractivity contribution is -0.117. The number of benzene rings is 1. The molecular weight excluding hydrogens is 239 g/mol. The molecule has 5 nitrogen and oxygen atoms in total. The van der Waals surface area contributed by atoms with Crippen LogP contribution >= 0.6 is 0 Å². The molecule has 1 fully saturated rings. The van der Waals surface area contributed by atoms with Crippen molar-refractivity contribution < 1.29 is 18.7 Å². The molecular formula is C12H13FN2O3. The molecule has 1 aliphatic rings. The Balaban J connectivity index is 2.38. The van der Waals surface area contributed by atoms with Gasteiger partial charge in [-0.15, -0.1) is 0 Å². The molecule has 0 aromatic heterocycles. The van der Waals surface area contributed by atoms with Crippen LogP contribution in [0.4, 0.5) is 10.1 Å². The van der Waals surface area contributed by atoms with Crippen LogP contribution in [0.2, 0.25) is 0 Å². The van der Waals surface area contributed by atoms with E-state index in [0.29, 0.717) is 0 Å². The number of anilines is 1. The highest BCUT2D eigenvalue weighted by atomic mass is 19.1. The third-order valence-electron chi connectivity index (χ3n) is 2.81. The number of halogens is 1. The fraction of sp³-hybridized carbons (Fsp3) is 0.333. The standard InChI is InChI=1S/C12H13FN2O3/c1-18-12(17)7-2-3-9(13)10(4-7)15-6-8(14)5-11(15)16/h2-4,8H,5-6,14H2,1H3. The first-order valence-electron chi connectivity index (χ1n) is 5.46. The molecule has 1 atom stereocenters. The van der Waals surface area contributed by atoms with Crippen LogP contribution in [0, 0.1) is 5.82 Å². The molecule has 1 amide bonds. The van der Waals surface area contributed by atoms with Crippen LogP contribution in [0.5, 0.6) is 0 Å². The summed E-state index contributed by atoms with van der Waals surface area (Å²) in [5, 5.41) is 0. The molecule has 1 saturated heterocycles. The molecule has 1 aliphatic heterocycles. The highest BCUT2D eigenvalue weighted by Crippen LogP contribution is 2.25. The number of hydrogen-bond acceptors (Lipinski definition) is 4. The van der Waals surface area contributed by atoms with Gasteiger partial charge in [0.1, 0.15) is 5.82 Å². The first kappa shape index (κ1) is 12.5. The topological polar surface area (TPSA) is 72.6 Å². The van der Waals surface area contributed by atoms with Gasteiger partial charge in [-0.25, -0.2) is 9.18 Å². The monoisotopic (exact) mass is 252 g/mol. The van der Waals surface area contributed by atoms with Crippen LogP contribution in [-0.4, -0.2) is 31.6 Å². The number of nitrogens with two attached hydrogens (primary N) is 1. The summed E-state index contributed by atoms with van der Waals surface area (Å²) in [6.07, 6.45) is 0.182. The predicted molar refractivity (Wildman–Crippen MR) is 62.7 cm³/mol. The van der Waals surface area contributed by atoms with Gasteiger partial charge >= 0.3 is 5.97 Å². The summed E-state index contributed by atoms with van der Waals surface area (Å²) in [4.78, 5) is 24.3. The molecule has 1 unspecified atom stereocenters. The smallest absolute Gasteiger partial charge is 0.337 e. The number of ether oxygens (including phenoxy) is 1. The molecule has 1 aromatic carbocycles. The number of amides is 1. The zero-order valence-corrected chi connectivity index (χ0v) is 9.85. The quantitative estimate of drug-likeness (QED) is 0.785. The molecule has 0 bridgehead atoms. The van der Waals surface area contributed by atoms with Crippen LogP contribution in [0.15, 0.2) is 18.2 Å². The Morgan fingerprint density at radius 2 is 2.28 bits per heavy atom. The summed E-state index contributed by atoms with van der Waals surface area (Å²) in [5.41, 5.74) is 5.91. The second kappa shape index (κ2) is 4.73. The molecule has 1 aromatic rings. The van der Waals surface area contributed by atoms with Crippen molar-refractivity contribution in [2.24, 2.45) is 5.73 Å². The number of esters is 1. The van der Waals surface area contributed by atoms with Gasteiger partial charge in [-0.3, -0.25) is 4.79 Å². The lowest BCUT2D eigenvalue weighted by atomic mass is 10.2. The zero-order valence-electron chi connectivity index (χ0n) is 9.85. The molecule has 18 heavy (non-hydrogen) atoms. The minimum absolute atomic E-state index is 0.0656. The van der Waals surface area contributed by atoms with Gasteiger partial charge in [0, 0.05) is 19.0 Å². The van der Waals surface area contributed by atoms with Crippen molar-refractivity contribution in [3.8, 4) is 0 Å². The van der Waals surface area contributed by atoms with Crippen molar-refractivity contribution in [1.29, 1.82) is 0 Å². The number of methoxy groups -OCH3 is 1. The molecule has 0 radical (unpaired) electrons. The number of hydrogen-bond donors (Lipinski definition) is 1. The maximum absolute atomic E-state index is 13.7. The first-order chi connectivity index (χ1) is 8.52. The fourth-order valence-electron chi connectivity index (χ4n) is 1.93. The van der Waals surface area contributed by atoms with Crippen molar-refractivity contribution in [2.75, 3.05) is 18.6 Å². The van der Waals surface area contributed by atoms with E-state index in [2.05, 4.69) is 4.74 Å². The molecule has 6 heteroatoms. The van der Waals surface area contributed by atoms with Crippen molar-refractivity contribution in [3.63, 3.8) is 0 Å². The largest absolute Gasteiger partial charge is 0.465 e. The Morgan fingerprint density at radius 3 is 2.83 bits per heavy atom. The lowest BCUT2D eigenvalue weighted by Gasteiger charge is -2.17. The van der Waals surface area contributed by atoms with E-state index in [-0.39, 0.29) is 36.2 Å². The average molecular weight is 252 g/mol. The van der Waals surface area contributed by atoms with Gasteiger partial charge in [-0.2, -0.15) is 0 Å². The van der Waals surface area contributed by atoms with Crippen LogP contribution in [0.3, 0.4) is 0 Å². The van der Waals surface area contributed by atoms with Gasteiger partial charge in [-0.1, -0.05) is 0 Å². The number of nitrogens with zero attached hydrogens (tertiary/aromatic N) is 1. The van der Waals surface area contributed by atoms with E-state index < -0.39 is 11.8 Å². The van der Waals surface area contributed by atoms with Crippen LogP contribution in [-0.2, 0) is 9.53 Å². The van der Waals surface area contributed by atoms with Crippen molar-refractivity contribution >= 4 is 17.6 Å². The number of carbonyl (C=O) groups excluding carboxylic acids is 2. The SMILES string of the molecule is COC(=O)c1ccc(F)c(N2CC(N)CC2=O)c1. The van der Waals surface area contributed by atoms with Crippen molar-refractivity contribution in [3.05, 3.63) is 29.6 Å². The zero-order chi connectivity index (χ0) is 13.3. The van der Waals surface area contributed by atoms with Gasteiger partial charge in [0.05, 0.1) is 18.4 Å². The van der Waals surface area contributed by atoms with E-state index in [4.69, 9.17) is 5.73 Å². The molecule has 0 aliphatic carbocycles. The summed E-state index contributed by atoms with van der Waals surface area (Å²) >= 11 is 0. The Bertz CT molecular complexity index is 504. The summed E-state index contributed by atoms with van der Waals surface area (Å²) < 4.78 is 18.3. The van der Waals surface area contributed by atoms with Crippen LogP contribution in [0.25, 0.3) is 0 Å². The molecule has 0 spiro atoms. The van der Waals surface area contributed by atoms with E-state index in [9.17, 15) is 14.0 Å². The summed E-state index contributed by atoms with van der Waals surface area (Å²) in [6.45, 7) is 0.250. The van der Waals surface area contributed by atoms with Crippen molar-refractivity contribution in [1.82, 2.24) is 0 Å². The normalized spacial score (nSPS) is 19.2. The van der Waals surface area contributed by atoms with Gasteiger partial charge in [0.15, 0.2) is 0 Å². The van der Waals surface area contributed by atoms with E-state index in [0.717, 1.165) is 6.07 Å². The Hall–Kier alpha value is -1.95. The average Bonchev–Trinajstić information content (AvgIpc) is 2.68. The van der Waals surface area contributed by atoms with Gasteiger partial charge in [0.2, 0.25) is 5.91 Å². The number of rotatable bonds is 2. The number of carbonyl (C=O) groups is 2. The summed E-state index contributed by atoms with van der Waals surface area (Å²) in [5.74, 6) is -1.39. The molecule has 0 saturated carbocycles. The van der Waals surface area contributed by atoms with Crippen LogP contribution < -0.4 is 10.6 Å². The molecule has 2 N–H and O–H groups in total. The molecule has 2 rings (SSSR count). The van der Waals surface area contributed by atoms with Crippen molar-refractivity contribution in [2.45, 2.75) is 12.5 Å². The Kier molecular flexibility index (Phi) is 3.29. The minimum Gasteiger partial charge on any atom is -0.465 e. The first-order valence-corrected chi connectivity index (χ1v) is 5.46. The summed E-state index contributed by atoms with van der Waals surface area (Å²) in [6, 6.07) is 3.44. The van der Waals surface area contributed by atoms with E-state index >= 15 is 0 Å². The maximum atomic E-state index is 13.7. The second-order valence-electron chi connectivity index (χ2n) is 4.13. The third-order valence-corrected chi connectivity index (χ3v) is 2.81. The molecule has 1 heterocycles. The van der Waals surface area contributed by atoms with E-state index in [1.54, 1.807) is 0 Å². The third kappa shape index (κ3) is 2.19.